The SMILES string of the molecule is CN(C)c1cc(COC(C)(C)C)ccc1F. The highest BCUT2D eigenvalue weighted by molar-refractivity contribution is 5.48. The smallest absolute Gasteiger partial charge is 0.146 e. The van der Waals surface area contributed by atoms with Crippen LogP contribution >= 0.6 is 0 Å². The lowest BCUT2D eigenvalue weighted by Gasteiger charge is -2.20. The Hall–Kier alpha value is -1.09. The van der Waals surface area contributed by atoms with Crippen molar-refractivity contribution in [1.29, 1.82) is 0 Å². The minimum atomic E-state index is -0.204. The molecule has 1 aromatic rings. The molecule has 0 bridgehead atoms. The summed E-state index contributed by atoms with van der Waals surface area (Å²) in [6, 6.07) is 5.06. The Balaban J connectivity index is 2.79. The third-order valence-corrected chi connectivity index (χ3v) is 2.16. The van der Waals surface area contributed by atoms with Gasteiger partial charge in [0.15, 0.2) is 0 Å². The monoisotopic (exact) mass is 225 g/mol. The highest BCUT2D eigenvalue weighted by atomic mass is 19.1. The lowest BCUT2D eigenvalue weighted by Crippen LogP contribution is -2.19. The Morgan fingerprint density at radius 1 is 1.25 bits per heavy atom. The first-order valence-corrected chi connectivity index (χ1v) is 5.39. The topological polar surface area (TPSA) is 12.5 Å². The fourth-order valence-corrected chi connectivity index (χ4v) is 1.29. The molecular weight excluding hydrogens is 205 g/mol. The summed E-state index contributed by atoms with van der Waals surface area (Å²) < 4.78 is 19.1. The molecule has 3 heteroatoms. The molecule has 0 aliphatic rings. The van der Waals surface area contributed by atoms with Crippen molar-refractivity contribution in [2.24, 2.45) is 0 Å². The highest BCUT2D eigenvalue weighted by Gasteiger charge is 2.11. The molecule has 1 rings (SSSR count). The Morgan fingerprint density at radius 2 is 1.88 bits per heavy atom. The molecule has 0 N–H and O–H groups in total. The fraction of sp³-hybridized carbons (Fsp3) is 0.538. The molecule has 0 radical (unpaired) electrons. The van der Waals surface area contributed by atoms with Crippen LogP contribution in [0.2, 0.25) is 0 Å². The lowest BCUT2D eigenvalue weighted by atomic mass is 10.1. The molecule has 0 atom stereocenters. The van der Waals surface area contributed by atoms with Gasteiger partial charge in [-0.05, 0) is 38.5 Å². The van der Waals surface area contributed by atoms with Crippen molar-refractivity contribution in [1.82, 2.24) is 0 Å². The number of halogens is 1. The summed E-state index contributed by atoms with van der Waals surface area (Å²) in [7, 11) is 3.65. The third-order valence-electron chi connectivity index (χ3n) is 2.16. The molecule has 0 unspecified atom stereocenters. The van der Waals surface area contributed by atoms with E-state index >= 15 is 0 Å². The Labute approximate surface area is 97.0 Å². The average molecular weight is 225 g/mol. The predicted molar refractivity (Wildman–Crippen MR) is 65.3 cm³/mol. The van der Waals surface area contributed by atoms with E-state index in [0.29, 0.717) is 12.3 Å². The molecule has 90 valence electrons. The number of anilines is 1. The van der Waals surface area contributed by atoms with Gasteiger partial charge in [0, 0.05) is 14.1 Å². The zero-order valence-electron chi connectivity index (χ0n) is 10.7. The second kappa shape index (κ2) is 4.83. The molecule has 0 spiro atoms. The van der Waals surface area contributed by atoms with Crippen LogP contribution in [-0.4, -0.2) is 19.7 Å². The standard InChI is InChI=1S/C13H20FNO/c1-13(2,3)16-9-10-6-7-11(14)12(8-10)15(4)5/h6-8H,9H2,1-5H3. The van der Waals surface area contributed by atoms with Crippen LogP contribution in [0.5, 0.6) is 0 Å². The second-order valence-corrected chi connectivity index (χ2v) is 5.08. The summed E-state index contributed by atoms with van der Waals surface area (Å²) in [4.78, 5) is 1.76. The fourth-order valence-electron chi connectivity index (χ4n) is 1.29. The van der Waals surface area contributed by atoms with Gasteiger partial charge in [0.1, 0.15) is 5.82 Å². The number of rotatable bonds is 3. The summed E-state index contributed by atoms with van der Waals surface area (Å²) in [6.07, 6.45) is 0. The Kier molecular flexibility index (Phi) is 3.92. The minimum Gasteiger partial charge on any atom is -0.375 e. The molecule has 0 heterocycles. The van der Waals surface area contributed by atoms with Crippen molar-refractivity contribution in [3.05, 3.63) is 29.6 Å². The molecule has 16 heavy (non-hydrogen) atoms. The van der Waals surface area contributed by atoms with Gasteiger partial charge in [-0.3, -0.25) is 0 Å². The van der Waals surface area contributed by atoms with Crippen LogP contribution in [0.4, 0.5) is 10.1 Å². The largest absolute Gasteiger partial charge is 0.375 e. The van der Waals surface area contributed by atoms with E-state index in [-0.39, 0.29) is 11.4 Å². The minimum absolute atomic E-state index is 0.174. The lowest BCUT2D eigenvalue weighted by molar-refractivity contribution is -0.0149. The number of hydrogen-bond acceptors (Lipinski definition) is 2. The van der Waals surface area contributed by atoms with Gasteiger partial charge in [-0.15, -0.1) is 0 Å². The van der Waals surface area contributed by atoms with Gasteiger partial charge in [-0.25, -0.2) is 4.39 Å². The molecule has 0 saturated carbocycles. The Bertz CT molecular complexity index is 355. The van der Waals surface area contributed by atoms with Crippen LogP contribution < -0.4 is 4.90 Å². The van der Waals surface area contributed by atoms with Crippen LogP contribution in [0.1, 0.15) is 26.3 Å². The van der Waals surface area contributed by atoms with Crippen molar-refractivity contribution < 1.29 is 9.13 Å². The van der Waals surface area contributed by atoms with Crippen molar-refractivity contribution in [2.75, 3.05) is 19.0 Å². The van der Waals surface area contributed by atoms with Gasteiger partial charge in [0.05, 0.1) is 17.9 Å². The molecule has 0 aromatic heterocycles. The maximum atomic E-state index is 13.4. The van der Waals surface area contributed by atoms with E-state index in [1.165, 1.54) is 6.07 Å². The molecule has 1 aromatic carbocycles. The van der Waals surface area contributed by atoms with E-state index in [1.807, 2.05) is 40.9 Å². The zero-order chi connectivity index (χ0) is 12.3. The Morgan fingerprint density at radius 3 is 2.38 bits per heavy atom. The van der Waals surface area contributed by atoms with Crippen molar-refractivity contribution >= 4 is 5.69 Å². The van der Waals surface area contributed by atoms with Crippen LogP contribution in [0.3, 0.4) is 0 Å². The first-order chi connectivity index (χ1) is 7.29. The molecule has 0 fully saturated rings. The van der Waals surface area contributed by atoms with E-state index in [4.69, 9.17) is 4.74 Å². The van der Waals surface area contributed by atoms with Crippen LogP contribution in [-0.2, 0) is 11.3 Å². The maximum absolute atomic E-state index is 13.4. The summed E-state index contributed by atoms with van der Waals surface area (Å²) >= 11 is 0. The number of nitrogens with zero attached hydrogens (tertiary/aromatic N) is 1. The van der Waals surface area contributed by atoms with Crippen molar-refractivity contribution in [3.8, 4) is 0 Å². The van der Waals surface area contributed by atoms with E-state index in [2.05, 4.69) is 0 Å². The van der Waals surface area contributed by atoms with Gasteiger partial charge in [0.2, 0.25) is 0 Å². The quantitative estimate of drug-likeness (QED) is 0.783. The van der Waals surface area contributed by atoms with Crippen LogP contribution in [0.25, 0.3) is 0 Å². The molecule has 0 aliphatic heterocycles. The number of benzene rings is 1. The summed E-state index contributed by atoms with van der Waals surface area (Å²) in [5, 5.41) is 0. The van der Waals surface area contributed by atoms with E-state index in [0.717, 1.165) is 5.56 Å². The molecule has 0 saturated heterocycles. The van der Waals surface area contributed by atoms with Gasteiger partial charge >= 0.3 is 0 Å². The summed E-state index contributed by atoms with van der Waals surface area (Å²) in [5.41, 5.74) is 1.40. The maximum Gasteiger partial charge on any atom is 0.146 e. The van der Waals surface area contributed by atoms with Gasteiger partial charge in [0.25, 0.3) is 0 Å². The van der Waals surface area contributed by atoms with Gasteiger partial charge < -0.3 is 9.64 Å². The van der Waals surface area contributed by atoms with E-state index < -0.39 is 0 Å². The van der Waals surface area contributed by atoms with E-state index in [9.17, 15) is 4.39 Å². The number of hydrogen-bond donors (Lipinski definition) is 0. The molecular formula is C13H20FNO. The summed E-state index contributed by atoms with van der Waals surface area (Å²) in [6.45, 7) is 6.51. The van der Waals surface area contributed by atoms with E-state index in [1.54, 1.807) is 11.0 Å². The predicted octanol–water partition coefficient (Wildman–Crippen LogP) is 3.21. The average Bonchev–Trinajstić information content (AvgIpc) is 2.14. The first-order valence-electron chi connectivity index (χ1n) is 5.39. The van der Waals surface area contributed by atoms with Crippen LogP contribution in [0, 0.1) is 5.82 Å². The highest BCUT2D eigenvalue weighted by Crippen LogP contribution is 2.20. The van der Waals surface area contributed by atoms with Crippen molar-refractivity contribution in [2.45, 2.75) is 33.0 Å². The molecule has 0 aliphatic carbocycles. The molecule has 0 amide bonds. The molecule has 2 nitrogen and oxygen atoms in total. The summed E-state index contributed by atoms with van der Waals surface area (Å²) in [5.74, 6) is -0.204. The van der Waals surface area contributed by atoms with Crippen molar-refractivity contribution in [3.63, 3.8) is 0 Å². The first kappa shape index (κ1) is 13.0. The van der Waals surface area contributed by atoms with Crippen LogP contribution in [0.15, 0.2) is 18.2 Å². The zero-order valence-corrected chi connectivity index (χ0v) is 10.7. The normalized spacial score (nSPS) is 11.6. The van der Waals surface area contributed by atoms with Gasteiger partial charge in [-0.1, -0.05) is 6.07 Å². The second-order valence-electron chi connectivity index (χ2n) is 5.08. The van der Waals surface area contributed by atoms with Gasteiger partial charge in [-0.2, -0.15) is 0 Å². The third kappa shape index (κ3) is 3.81. The number of ether oxygens (including phenoxy) is 1.